The summed E-state index contributed by atoms with van der Waals surface area (Å²) in [5, 5.41) is 0.906. The molecule has 0 saturated heterocycles. The van der Waals surface area contributed by atoms with E-state index in [1.807, 2.05) is 25.1 Å². The van der Waals surface area contributed by atoms with Crippen molar-refractivity contribution in [2.75, 3.05) is 31.5 Å². The molecule has 28 heavy (non-hydrogen) atoms. The maximum absolute atomic E-state index is 13.4. The number of aryl methyl sites for hydroxylation is 1. The van der Waals surface area contributed by atoms with Crippen LogP contribution in [0.15, 0.2) is 24.5 Å². The molecule has 4 nitrogen and oxygen atoms in total. The van der Waals surface area contributed by atoms with Gasteiger partial charge in [-0.05, 0) is 51.2 Å². The van der Waals surface area contributed by atoms with Crippen molar-refractivity contribution in [2.45, 2.75) is 51.1 Å². The molecule has 1 heterocycles. The highest BCUT2D eigenvalue weighted by atomic mass is 19.1. The number of hydrogen-bond donors (Lipinski definition) is 1. The van der Waals surface area contributed by atoms with Crippen LogP contribution in [0.3, 0.4) is 0 Å². The minimum atomic E-state index is -1.57. The fourth-order valence-corrected chi connectivity index (χ4v) is 3.93. The third-order valence-corrected chi connectivity index (χ3v) is 5.96. The molecule has 1 aromatic carbocycles. The Morgan fingerprint density at radius 1 is 1.07 bits per heavy atom. The van der Waals surface area contributed by atoms with Crippen molar-refractivity contribution in [3.8, 4) is 0 Å². The second kappa shape index (κ2) is 9.07. The largest absolute Gasteiger partial charge is 0.353 e. The standard InChI is InChI=1S/C21H29F3N4/c1-15-2-7-19-18(10-15)20(27-14-26-19)28(17-5-3-16(25)4-6-17)9-8-21(11-22,12-23)13-24/h2,7,10,14,16-17H,3-6,8-9,11-13,25H2,1H3/t16-,17-. The molecule has 154 valence electrons. The third-order valence-electron chi connectivity index (χ3n) is 5.96. The van der Waals surface area contributed by atoms with Gasteiger partial charge in [0.25, 0.3) is 0 Å². The van der Waals surface area contributed by atoms with Crippen molar-refractivity contribution in [3.05, 3.63) is 30.1 Å². The number of nitrogens with zero attached hydrogens (tertiary/aromatic N) is 3. The molecule has 3 rings (SSSR count). The highest BCUT2D eigenvalue weighted by Gasteiger charge is 2.34. The molecule has 0 atom stereocenters. The summed E-state index contributed by atoms with van der Waals surface area (Å²) in [5.41, 5.74) is 6.40. The van der Waals surface area contributed by atoms with Gasteiger partial charge < -0.3 is 10.6 Å². The van der Waals surface area contributed by atoms with Gasteiger partial charge in [0.1, 0.15) is 32.2 Å². The SMILES string of the molecule is Cc1ccc2ncnc(N(CCC(CF)(CF)CF)[C@H]3CC[C@H](N)CC3)c2c1. The Morgan fingerprint density at radius 3 is 2.39 bits per heavy atom. The van der Waals surface area contributed by atoms with E-state index in [-0.39, 0.29) is 18.5 Å². The smallest absolute Gasteiger partial charge is 0.140 e. The van der Waals surface area contributed by atoms with E-state index in [9.17, 15) is 13.2 Å². The summed E-state index contributed by atoms with van der Waals surface area (Å²) in [6.07, 6.45) is 5.16. The van der Waals surface area contributed by atoms with E-state index in [1.54, 1.807) is 0 Å². The van der Waals surface area contributed by atoms with Gasteiger partial charge in [-0.3, -0.25) is 13.2 Å². The summed E-state index contributed by atoms with van der Waals surface area (Å²) in [4.78, 5) is 11.0. The highest BCUT2D eigenvalue weighted by molar-refractivity contribution is 5.90. The van der Waals surface area contributed by atoms with Crippen molar-refractivity contribution in [1.82, 2.24) is 9.97 Å². The molecule has 0 aliphatic heterocycles. The topological polar surface area (TPSA) is 55.0 Å². The van der Waals surface area contributed by atoms with Gasteiger partial charge in [0.2, 0.25) is 0 Å². The fourth-order valence-electron chi connectivity index (χ4n) is 3.93. The molecule has 2 N–H and O–H groups in total. The first-order valence-corrected chi connectivity index (χ1v) is 9.93. The molecule has 2 aromatic rings. The lowest BCUT2D eigenvalue weighted by Gasteiger charge is -2.39. The lowest BCUT2D eigenvalue weighted by Crippen LogP contribution is -2.44. The maximum Gasteiger partial charge on any atom is 0.140 e. The van der Waals surface area contributed by atoms with Gasteiger partial charge in [-0.25, -0.2) is 9.97 Å². The van der Waals surface area contributed by atoms with E-state index in [2.05, 4.69) is 14.9 Å². The summed E-state index contributed by atoms with van der Waals surface area (Å²) in [6, 6.07) is 6.31. The molecule has 0 spiro atoms. The molecule has 0 unspecified atom stereocenters. The van der Waals surface area contributed by atoms with E-state index in [1.165, 1.54) is 6.33 Å². The highest BCUT2D eigenvalue weighted by Crippen LogP contribution is 2.33. The van der Waals surface area contributed by atoms with Crippen LogP contribution in [0, 0.1) is 12.3 Å². The van der Waals surface area contributed by atoms with Gasteiger partial charge >= 0.3 is 0 Å². The number of halogens is 3. The monoisotopic (exact) mass is 394 g/mol. The van der Waals surface area contributed by atoms with Gasteiger partial charge in [-0.1, -0.05) is 11.6 Å². The quantitative estimate of drug-likeness (QED) is 0.725. The first-order valence-electron chi connectivity index (χ1n) is 9.93. The Hall–Kier alpha value is -1.89. The first-order chi connectivity index (χ1) is 13.5. The fraction of sp³-hybridized carbons (Fsp3) is 0.619. The van der Waals surface area contributed by atoms with Crippen molar-refractivity contribution in [3.63, 3.8) is 0 Å². The summed E-state index contributed by atoms with van der Waals surface area (Å²) < 4.78 is 40.3. The van der Waals surface area contributed by atoms with Crippen molar-refractivity contribution in [2.24, 2.45) is 11.1 Å². The van der Waals surface area contributed by atoms with Gasteiger partial charge in [0.05, 0.1) is 10.9 Å². The van der Waals surface area contributed by atoms with Crippen LogP contribution in [-0.2, 0) is 0 Å². The molecule has 0 amide bonds. The molecular formula is C21H29F3N4. The molecule has 7 heteroatoms. The maximum atomic E-state index is 13.4. The number of aromatic nitrogens is 2. The van der Waals surface area contributed by atoms with E-state index in [0.29, 0.717) is 6.54 Å². The van der Waals surface area contributed by atoms with E-state index >= 15 is 0 Å². The Balaban J connectivity index is 1.96. The predicted octanol–water partition coefficient (Wildman–Crippen LogP) is 4.30. The van der Waals surface area contributed by atoms with Crippen molar-refractivity contribution in [1.29, 1.82) is 0 Å². The molecule has 0 radical (unpaired) electrons. The first kappa shape index (κ1) is 20.8. The molecular weight excluding hydrogens is 365 g/mol. The van der Waals surface area contributed by atoms with Crippen LogP contribution >= 0.6 is 0 Å². The lowest BCUT2D eigenvalue weighted by atomic mass is 9.87. The average molecular weight is 394 g/mol. The zero-order valence-corrected chi connectivity index (χ0v) is 16.4. The molecule has 1 fully saturated rings. The number of nitrogens with two attached hydrogens (primary N) is 1. The molecule has 1 aliphatic rings. The van der Waals surface area contributed by atoms with Gasteiger partial charge in [-0.15, -0.1) is 0 Å². The van der Waals surface area contributed by atoms with E-state index in [4.69, 9.17) is 5.73 Å². The number of anilines is 1. The summed E-state index contributed by atoms with van der Waals surface area (Å²) in [6.45, 7) is -0.675. The summed E-state index contributed by atoms with van der Waals surface area (Å²) in [7, 11) is 0. The molecule has 0 bridgehead atoms. The summed E-state index contributed by atoms with van der Waals surface area (Å²) >= 11 is 0. The van der Waals surface area contributed by atoms with Crippen LogP contribution in [0.5, 0.6) is 0 Å². The van der Waals surface area contributed by atoms with Gasteiger partial charge in [-0.2, -0.15) is 0 Å². The average Bonchev–Trinajstić information content (AvgIpc) is 2.73. The zero-order valence-electron chi connectivity index (χ0n) is 16.4. The van der Waals surface area contributed by atoms with Gasteiger partial charge in [0.15, 0.2) is 0 Å². The minimum Gasteiger partial charge on any atom is -0.353 e. The van der Waals surface area contributed by atoms with Crippen LogP contribution in [0.4, 0.5) is 19.0 Å². The molecule has 1 aromatic heterocycles. The van der Waals surface area contributed by atoms with Crippen LogP contribution in [0.2, 0.25) is 0 Å². The lowest BCUT2D eigenvalue weighted by molar-refractivity contribution is 0.103. The molecule has 1 saturated carbocycles. The zero-order chi connectivity index (χ0) is 20.1. The third kappa shape index (κ3) is 4.40. The van der Waals surface area contributed by atoms with E-state index < -0.39 is 25.4 Å². The Bertz CT molecular complexity index is 765. The number of fused-ring (bicyclic) bond motifs is 1. The van der Waals surface area contributed by atoms with Crippen LogP contribution in [0.1, 0.15) is 37.7 Å². The van der Waals surface area contributed by atoms with Gasteiger partial charge in [0, 0.05) is 24.0 Å². The number of alkyl halides is 3. The second-order valence-electron chi connectivity index (χ2n) is 8.13. The Morgan fingerprint density at radius 2 is 1.75 bits per heavy atom. The molecule has 1 aliphatic carbocycles. The number of rotatable bonds is 8. The Labute approximate surface area is 164 Å². The van der Waals surface area contributed by atoms with E-state index in [0.717, 1.165) is 48.0 Å². The number of benzene rings is 1. The van der Waals surface area contributed by atoms with Crippen LogP contribution < -0.4 is 10.6 Å². The predicted molar refractivity (Wildman–Crippen MR) is 107 cm³/mol. The van der Waals surface area contributed by atoms with Crippen molar-refractivity contribution >= 4 is 16.7 Å². The second-order valence-corrected chi connectivity index (χ2v) is 8.13. The van der Waals surface area contributed by atoms with Crippen LogP contribution in [-0.4, -0.2) is 48.6 Å². The van der Waals surface area contributed by atoms with Crippen LogP contribution in [0.25, 0.3) is 10.9 Å². The number of hydrogen-bond acceptors (Lipinski definition) is 4. The normalized spacial score (nSPS) is 20.5. The van der Waals surface area contributed by atoms with Crippen molar-refractivity contribution < 1.29 is 13.2 Å². The summed E-state index contributed by atoms with van der Waals surface area (Å²) in [5.74, 6) is 0.750. The minimum absolute atomic E-state index is 0.0936. The Kier molecular flexibility index (Phi) is 6.75.